The van der Waals surface area contributed by atoms with Crippen molar-refractivity contribution in [3.05, 3.63) is 72.1 Å². The molecule has 8 nitrogen and oxygen atoms in total. The molecule has 2 aliphatic rings. The standard InChI is InChI=1S/C37H43F6N5O3S/c1-35(2,3)51-34(50)48-20-18-46(19-21-48)31-9-8-28(22-30(31)37(41,42)43)45-15-11-33(49)47-16-12-25(13-17-47)24-52-32-10-14-44-23-29(32)26-4-6-27(7-5-26)36(38,39)40/h4-10,14,22-23,25,45H,11-13,15-21,24H2,1-3H3. The highest BCUT2D eigenvalue weighted by Crippen LogP contribution is 2.39. The van der Waals surface area contributed by atoms with Crippen molar-refractivity contribution in [1.82, 2.24) is 14.8 Å². The van der Waals surface area contributed by atoms with Crippen LogP contribution in [-0.2, 0) is 21.9 Å². The van der Waals surface area contributed by atoms with Crippen LogP contribution in [0.5, 0.6) is 0 Å². The first kappa shape index (κ1) is 39.1. The van der Waals surface area contributed by atoms with Crippen molar-refractivity contribution < 1.29 is 40.7 Å². The Hall–Kier alpha value is -4.14. The van der Waals surface area contributed by atoms with E-state index in [1.54, 1.807) is 60.8 Å². The normalized spacial score (nSPS) is 16.2. The van der Waals surface area contributed by atoms with E-state index in [9.17, 15) is 35.9 Å². The van der Waals surface area contributed by atoms with Crippen LogP contribution in [0.25, 0.3) is 11.1 Å². The lowest BCUT2D eigenvalue weighted by molar-refractivity contribution is -0.138. The molecule has 0 aliphatic carbocycles. The van der Waals surface area contributed by atoms with Gasteiger partial charge in [-0.1, -0.05) is 12.1 Å². The van der Waals surface area contributed by atoms with Crippen LogP contribution in [-0.4, -0.2) is 84.0 Å². The Morgan fingerprint density at radius 3 is 2.15 bits per heavy atom. The molecule has 0 saturated carbocycles. The maximum Gasteiger partial charge on any atom is 0.418 e. The van der Waals surface area contributed by atoms with E-state index in [4.69, 9.17) is 4.74 Å². The van der Waals surface area contributed by atoms with Crippen molar-refractivity contribution in [2.75, 3.05) is 61.8 Å². The van der Waals surface area contributed by atoms with E-state index in [1.165, 1.54) is 23.1 Å². The van der Waals surface area contributed by atoms with Crippen molar-refractivity contribution in [2.24, 2.45) is 5.92 Å². The number of nitrogens with one attached hydrogen (secondary N) is 1. The molecule has 3 heterocycles. The van der Waals surface area contributed by atoms with Crippen LogP contribution in [0, 0.1) is 5.92 Å². The van der Waals surface area contributed by atoms with Gasteiger partial charge in [-0.15, -0.1) is 11.8 Å². The van der Waals surface area contributed by atoms with Crippen molar-refractivity contribution in [3.63, 3.8) is 0 Å². The summed E-state index contributed by atoms with van der Waals surface area (Å²) in [6.45, 7) is 7.52. The number of anilines is 2. The summed E-state index contributed by atoms with van der Waals surface area (Å²) < 4.78 is 86.9. The summed E-state index contributed by atoms with van der Waals surface area (Å²) in [4.78, 5) is 35.3. The number of piperidine rings is 1. The Morgan fingerprint density at radius 1 is 0.865 bits per heavy atom. The minimum atomic E-state index is -4.60. The number of nitrogens with zero attached hydrogens (tertiary/aromatic N) is 4. The van der Waals surface area contributed by atoms with Gasteiger partial charge in [0.05, 0.1) is 11.1 Å². The van der Waals surface area contributed by atoms with Crippen LogP contribution in [0.1, 0.15) is 51.2 Å². The van der Waals surface area contributed by atoms with Crippen LogP contribution < -0.4 is 10.2 Å². The first-order chi connectivity index (χ1) is 24.5. The Morgan fingerprint density at radius 2 is 1.54 bits per heavy atom. The molecule has 2 saturated heterocycles. The SMILES string of the molecule is CC(C)(C)OC(=O)N1CCN(c2ccc(NCCC(=O)N3CCC(CSc4ccncc4-c4ccc(C(F)(F)F)cc4)CC3)cc2C(F)(F)F)CC1. The number of carbonyl (C=O) groups excluding carboxylic acids is 2. The number of rotatable bonds is 9. The first-order valence-electron chi connectivity index (χ1n) is 17.2. The molecule has 0 bridgehead atoms. The molecule has 0 spiro atoms. The van der Waals surface area contributed by atoms with Gasteiger partial charge in [-0.05, 0) is 81.5 Å². The molecule has 0 atom stereocenters. The second-order valence-electron chi connectivity index (χ2n) is 13.9. The number of ether oxygens (including phenoxy) is 1. The van der Waals surface area contributed by atoms with Crippen molar-refractivity contribution in [3.8, 4) is 11.1 Å². The molecule has 2 fully saturated rings. The number of hydrogen-bond donors (Lipinski definition) is 1. The van der Waals surface area contributed by atoms with Gasteiger partial charge in [0.1, 0.15) is 5.60 Å². The number of halogens is 6. The van der Waals surface area contributed by atoms with Crippen LogP contribution in [0.4, 0.5) is 42.5 Å². The molecule has 52 heavy (non-hydrogen) atoms. The lowest BCUT2D eigenvalue weighted by Crippen LogP contribution is -2.50. The van der Waals surface area contributed by atoms with E-state index >= 15 is 0 Å². The molecule has 5 rings (SSSR count). The van der Waals surface area contributed by atoms with Gasteiger partial charge in [0.15, 0.2) is 0 Å². The number of carbonyl (C=O) groups is 2. The Balaban J connectivity index is 1.08. The van der Waals surface area contributed by atoms with Gasteiger partial charge in [0.2, 0.25) is 5.91 Å². The fourth-order valence-corrected chi connectivity index (χ4v) is 7.43. The van der Waals surface area contributed by atoms with E-state index in [1.807, 2.05) is 6.07 Å². The molecule has 2 aliphatic heterocycles. The molecular formula is C37H43F6N5O3S. The number of pyridine rings is 1. The summed E-state index contributed by atoms with van der Waals surface area (Å²) >= 11 is 1.62. The maximum atomic E-state index is 14.2. The van der Waals surface area contributed by atoms with Crippen molar-refractivity contribution in [2.45, 2.75) is 62.9 Å². The smallest absolute Gasteiger partial charge is 0.418 e. The Kier molecular flexibility index (Phi) is 12.2. The average Bonchev–Trinajstić information content (AvgIpc) is 3.09. The lowest BCUT2D eigenvalue weighted by Gasteiger charge is -2.37. The highest BCUT2D eigenvalue weighted by atomic mass is 32.2. The summed E-state index contributed by atoms with van der Waals surface area (Å²) in [5.74, 6) is 1.03. The van der Waals surface area contributed by atoms with Gasteiger partial charge in [-0.3, -0.25) is 9.78 Å². The van der Waals surface area contributed by atoms with Gasteiger partial charge >= 0.3 is 18.4 Å². The van der Waals surface area contributed by atoms with Gasteiger partial charge in [-0.2, -0.15) is 26.3 Å². The van der Waals surface area contributed by atoms with Crippen LogP contribution >= 0.6 is 11.8 Å². The van der Waals surface area contributed by atoms with Crippen molar-refractivity contribution >= 4 is 35.1 Å². The maximum absolute atomic E-state index is 14.2. The lowest BCUT2D eigenvalue weighted by atomic mass is 9.99. The number of aromatic nitrogens is 1. The topological polar surface area (TPSA) is 78.0 Å². The summed E-state index contributed by atoms with van der Waals surface area (Å²) in [6, 6.07) is 10.9. The molecule has 2 amide bonds. The van der Waals surface area contributed by atoms with Crippen molar-refractivity contribution in [1.29, 1.82) is 0 Å². The predicted molar refractivity (Wildman–Crippen MR) is 189 cm³/mol. The molecule has 0 unspecified atom stereocenters. The molecule has 1 N–H and O–H groups in total. The van der Waals surface area contributed by atoms with Gasteiger partial charge in [-0.25, -0.2) is 4.79 Å². The minimum Gasteiger partial charge on any atom is -0.444 e. The van der Waals surface area contributed by atoms with E-state index in [2.05, 4.69) is 10.3 Å². The second-order valence-corrected chi connectivity index (χ2v) is 15.0. The fraction of sp³-hybridized carbons (Fsp3) is 0.486. The highest BCUT2D eigenvalue weighted by molar-refractivity contribution is 7.99. The zero-order valence-electron chi connectivity index (χ0n) is 29.3. The number of amides is 2. The molecule has 1 aromatic heterocycles. The molecule has 0 radical (unpaired) electrons. The summed E-state index contributed by atoms with van der Waals surface area (Å²) in [6.07, 6.45) is -4.49. The number of benzene rings is 2. The molecular weight excluding hydrogens is 708 g/mol. The Labute approximate surface area is 303 Å². The largest absolute Gasteiger partial charge is 0.444 e. The number of hydrogen-bond acceptors (Lipinski definition) is 7. The quantitative estimate of drug-likeness (QED) is 0.173. The van der Waals surface area contributed by atoms with Crippen LogP contribution in [0.15, 0.2) is 65.8 Å². The average molecular weight is 752 g/mol. The molecule has 3 aromatic rings. The van der Waals surface area contributed by atoms with E-state index in [0.29, 0.717) is 24.6 Å². The number of alkyl halides is 6. The third kappa shape index (κ3) is 10.5. The molecule has 2 aromatic carbocycles. The van der Waals surface area contributed by atoms with Crippen LogP contribution in [0.2, 0.25) is 0 Å². The number of piperazine rings is 1. The molecule has 282 valence electrons. The van der Waals surface area contributed by atoms with Gasteiger partial charge < -0.3 is 24.8 Å². The molecule has 15 heteroatoms. The van der Waals surface area contributed by atoms with E-state index < -0.39 is 35.2 Å². The third-order valence-corrected chi connectivity index (χ3v) is 10.3. The monoisotopic (exact) mass is 751 g/mol. The number of likely N-dealkylation sites (tertiary alicyclic amines) is 1. The highest BCUT2D eigenvalue weighted by Gasteiger charge is 2.37. The number of thioether (sulfide) groups is 1. The minimum absolute atomic E-state index is 0.0405. The third-order valence-electron chi connectivity index (χ3n) is 8.99. The second kappa shape index (κ2) is 16.3. The summed E-state index contributed by atoms with van der Waals surface area (Å²) in [7, 11) is 0. The van der Waals surface area contributed by atoms with E-state index in [0.717, 1.165) is 47.3 Å². The van der Waals surface area contributed by atoms with Gasteiger partial charge in [0.25, 0.3) is 0 Å². The van der Waals surface area contributed by atoms with E-state index in [-0.39, 0.29) is 56.4 Å². The zero-order chi connectivity index (χ0) is 37.7. The summed E-state index contributed by atoms with van der Waals surface area (Å²) in [5.41, 5.74) is -0.443. The van der Waals surface area contributed by atoms with Gasteiger partial charge in [0, 0.05) is 92.2 Å². The summed E-state index contributed by atoms with van der Waals surface area (Å²) in [5, 5.41) is 2.98. The Bertz CT molecular complexity index is 1680. The fourth-order valence-electron chi connectivity index (χ4n) is 6.20. The first-order valence-corrected chi connectivity index (χ1v) is 18.2. The zero-order valence-corrected chi connectivity index (χ0v) is 30.1. The van der Waals surface area contributed by atoms with Crippen LogP contribution in [0.3, 0.4) is 0 Å². The predicted octanol–water partition coefficient (Wildman–Crippen LogP) is 8.68.